The highest BCUT2D eigenvalue weighted by molar-refractivity contribution is 5.69. The third-order valence-electron chi connectivity index (χ3n) is 3.96. The topological polar surface area (TPSA) is 73.3 Å². The highest BCUT2D eigenvalue weighted by Crippen LogP contribution is 2.33. The summed E-state index contributed by atoms with van der Waals surface area (Å²) in [5.41, 5.74) is 3.98. The van der Waals surface area contributed by atoms with Crippen LogP contribution in [0.4, 0.5) is 4.79 Å². The van der Waals surface area contributed by atoms with Gasteiger partial charge in [-0.15, -0.1) is 0 Å². The lowest BCUT2D eigenvalue weighted by Gasteiger charge is -2.28. The van der Waals surface area contributed by atoms with E-state index in [1.54, 1.807) is 12.4 Å². The number of rotatable bonds is 3. The monoisotopic (exact) mass is 341 g/mol. The minimum absolute atomic E-state index is 0.189. The summed E-state index contributed by atoms with van der Waals surface area (Å²) in [5.74, 6) is 0. The molecule has 6 nitrogen and oxygen atoms in total. The first-order valence-corrected chi connectivity index (χ1v) is 8.41. The number of amides is 1. The van der Waals surface area contributed by atoms with Crippen LogP contribution in [-0.2, 0) is 15.9 Å². The molecule has 6 heteroatoms. The van der Waals surface area contributed by atoms with Crippen LogP contribution in [0, 0.1) is 0 Å². The minimum atomic E-state index is -0.517. The molecule has 132 valence electrons. The Labute approximate surface area is 147 Å². The number of alkyl carbamates (subject to hydrolysis) is 1. The fraction of sp³-hybridized carbons (Fsp3) is 0.421. The van der Waals surface area contributed by atoms with E-state index >= 15 is 0 Å². The second-order valence-electron chi connectivity index (χ2n) is 7.00. The Morgan fingerprint density at radius 1 is 1.32 bits per heavy atom. The van der Waals surface area contributed by atoms with Crippen molar-refractivity contribution in [2.45, 2.75) is 38.9 Å². The summed E-state index contributed by atoms with van der Waals surface area (Å²) in [4.78, 5) is 11.9. The lowest BCUT2D eigenvalue weighted by atomic mass is 9.90. The largest absolute Gasteiger partial charge is 0.444 e. The SMILES string of the molecule is CC(C)(C)OC(=O)NC[C@@H]1OCCc2c(-c3ccnnc3)cccc21. The zero-order valence-electron chi connectivity index (χ0n) is 14.8. The summed E-state index contributed by atoms with van der Waals surface area (Å²) in [5, 5.41) is 10.6. The summed E-state index contributed by atoms with van der Waals surface area (Å²) in [7, 11) is 0. The Morgan fingerprint density at radius 2 is 2.16 bits per heavy atom. The molecule has 1 aliphatic heterocycles. The van der Waals surface area contributed by atoms with Gasteiger partial charge in [0.15, 0.2) is 0 Å². The van der Waals surface area contributed by atoms with E-state index in [-0.39, 0.29) is 6.10 Å². The van der Waals surface area contributed by atoms with Crippen LogP contribution in [0.3, 0.4) is 0 Å². The first kappa shape index (κ1) is 17.4. The second-order valence-corrected chi connectivity index (χ2v) is 7.00. The molecule has 2 aromatic rings. The molecule has 1 N–H and O–H groups in total. The molecule has 3 rings (SSSR count). The molecule has 0 unspecified atom stereocenters. The summed E-state index contributed by atoms with van der Waals surface area (Å²) in [6, 6.07) is 8.09. The normalized spacial score (nSPS) is 16.8. The van der Waals surface area contributed by atoms with E-state index in [0.29, 0.717) is 13.2 Å². The van der Waals surface area contributed by atoms with E-state index in [2.05, 4.69) is 21.6 Å². The highest BCUT2D eigenvalue weighted by Gasteiger charge is 2.25. The Hall–Kier alpha value is -2.47. The molecule has 0 aliphatic carbocycles. The Morgan fingerprint density at radius 3 is 2.88 bits per heavy atom. The fourth-order valence-electron chi connectivity index (χ4n) is 2.96. The highest BCUT2D eigenvalue weighted by atomic mass is 16.6. The maximum atomic E-state index is 11.9. The van der Waals surface area contributed by atoms with Crippen LogP contribution in [-0.4, -0.2) is 35.0 Å². The Balaban J connectivity index is 1.78. The van der Waals surface area contributed by atoms with Gasteiger partial charge in [-0.2, -0.15) is 10.2 Å². The Bertz CT molecular complexity index is 741. The summed E-state index contributed by atoms with van der Waals surface area (Å²) in [6.45, 7) is 6.51. The zero-order chi connectivity index (χ0) is 17.9. The summed E-state index contributed by atoms with van der Waals surface area (Å²) >= 11 is 0. The van der Waals surface area contributed by atoms with E-state index in [1.807, 2.05) is 39.0 Å². The van der Waals surface area contributed by atoms with Gasteiger partial charge >= 0.3 is 6.09 Å². The summed E-state index contributed by atoms with van der Waals surface area (Å²) < 4.78 is 11.2. The number of nitrogens with one attached hydrogen (secondary N) is 1. The maximum absolute atomic E-state index is 11.9. The quantitative estimate of drug-likeness (QED) is 0.927. The molecule has 0 spiro atoms. The van der Waals surface area contributed by atoms with E-state index in [0.717, 1.165) is 23.1 Å². The molecule has 2 heterocycles. The van der Waals surface area contributed by atoms with Crippen LogP contribution in [0.15, 0.2) is 36.7 Å². The van der Waals surface area contributed by atoms with Crippen LogP contribution in [0.1, 0.15) is 38.0 Å². The van der Waals surface area contributed by atoms with Crippen molar-refractivity contribution in [3.8, 4) is 11.1 Å². The van der Waals surface area contributed by atoms with Gasteiger partial charge < -0.3 is 14.8 Å². The summed E-state index contributed by atoms with van der Waals surface area (Å²) in [6.07, 6.45) is 3.66. The Kier molecular flexibility index (Phi) is 4.99. The molecule has 0 saturated heterocycles. The second kappa shape index (κ2) is 7.19. The third kappa shape index (κ3) is 4.33. The van der Waals surface area contributed by atoms with E-state index < -0.39 is 11.7 Å². The van der Waals surface area contributed by atoms with Gasteiger partial charge in [0.1, 0.15) is 11.7 Å². The van der Waals surface area contributed by atoms with Crippen molar-refractivity contribution < 1.29 is 14.3 Å². The maximum Gasteiger partial charge on any atom is 0.407 e. The van der Waals surface area contributed by atoms with Gasteiger partial charge in [-0.1, -0.05) is 18.2 Å². The standard InChI is InChI=1S/C19H23N3O3/c1-19(2,3)25-18(23)20-12-17-16-6-4-5-14(15(16)8-10-24-17)13-7-9-21-22-11-13/h4-7,9,11,17H,8,10,12H2,1-3H3,(H,20,23)/t17-/m0/s1. The number of benzene rings is 1. The molecule has 1 aliphatic rings. The molecule has 0 bridgehead atoms. The molecule has 1 atom stereocenters. The molecule has 0 radical (unpaired) electrons. The van der Waals surface area contributed by atoms with Crippen molar-refractivity contribution in [3.63, 3.8) is 0 Å². The van der Waals surface area contributed by atoms with Gasteiger partial charge in [0, 0.05) is 5.56 Å². The van der Waals surface area contributed by atoms with Crippen LogP contribution in [0.25, 0.3) is 11.1 Å². The predicted molar refractivity (Wildman–Crippen MR) is 94.1 cm³/mol. The first-order chi connectivity index (χ1) is 11.9. The molecular weight excluding hydrogens is 318 g/mol. The molecule has 1 amide bonds. The predicted octanol–water partition coefficient (Wildman–Crippen LogP) is 3.28. The van der Waals surface area contributed by atoms with Crippen LogP contribution >= 0.6 is 0 Å². The van der Waals surface area contributed by atoms with E-state index in [4.69, 9.17) is 9.47 Å². The number of ether oxygens (including phenoxy) is 2. The van der Waals surface area contributed by atoms with Crippen LogP contribution in [0.5, 0.6) is 0 Å². The average molecular weight is 341 g/mol. The lowest BCUT2D eigenvalue weighted by molar-refractivity contribution is 0.0290. The number of aromatic nitrogens is 2. The minimum Gasteiger partial charge on any atom is -0.444 e. The van der Waals surface area contributed by atoms with Gasteiger partial charge in [-0.25, -0.2) is 4.79 Å². The van der Waals surface area contributed by atoms with Gasteiger partial charge in [0.05, 0.1) is 25.5 Å². The zero-order valence-corrected chi connectivity index (χ0v) is 14.8. The number of carbonyl (C=O) groups excluding carboxylic acids is 1. The van der Waals surface area contributed by atoms with Crippen molar-refractivity contribution >= 4 is 6.09 Å². The number of hydrogen-bond donors (Lipinski definition) is 1. The van der Waals surface area contributed by atoms with Crippen molar-refractivity contribution in [1.82, 2.24) is 15.5 Å². The molecule has 0 fully saturated rings. The van der Waals surface area contributed by atoms with Gasteiger partial charge in [0.2, 0.25) is 0 Å². The van der Waals surface area contributed by atoms with Gasteiger partial charge in [0.25, 0.3) is 0 Å². The number of fused-ring (bicyclic) bond motifs is 1. The van der Waals surface area contributed by atoms with Crippen molar-refractivity contribution in [1.29, 1.82) is 0 Å². The third-order valence-corrected chi connectivity index (χ3v) is 3.96. The van der Waals surface area contributed by atoms with Crippen molar-refractivity contribution in [3.05, 3.63) is 47.8 Å². The van der Waals surface area contributed by atoms with Crippen LogP contribution < -0.4 is 5.32 Å². The van der Waals surface area contributed by atoms with E-state index in [9.17, 15) is 4.79 Å². The molecular formula is C19H23N3O3. The lowest BCUT2D eigenvalue weighted by Crippen LogP contribution is -2.36. The molecule has 0 saturated carbocycles. The van der Waals surface area contributed by atoms with Crippen LogP contribution in [0.2, 0.25) is 0 Å². The number of carbonyl (C=O) groups is 1. The molecule has 1 aromatic heterocycles. The van der Waals surface area contributed by atoms with Crippen molar-refractivity contribution in [2.75, 3.05) is 13.2 Å². The molecule has 25 heavy (non-hydrogen) atoms. The smallest absolute Gasteiger partial charge is 0.407 e. The van der Waals surface area contributed by atoms with Gasteiger partial charge in [-0.05, 0) is 49.9 Å². The average Bonchev–Trinajstić information content (AvgIpc) is 2.58. The fourth-order valence-corrected chi connectivity index (χ4v) is 2.96. The van der Waals surface area contributed by atoms with E-state index in [1.165, 1.54) is 5.56 Å². The molecule has 1 aromatic carbocycles. The van der Waals surface area contributed by atoms with Gasteiger partial charge in [-0.3, -0.25) is 0 Å². The number of hydrogen-bond acceptors (Lipinski definition) is 5. The first-order valence-electron chi connectivity index (χ1n) is 8.41. The van der Waals surface area contributed by atoms with Crippen molar-refractivity contribution in [2.24, 2.45) is 0 Å². The number of nitrogens with zero attached hydrogens (tertiary/aromatic N) is 2.